The van der Waals surface area contributed by atoms with E-state index in [2.05, 4.69) is 23.3 Å². The Kier molecular flexibility index (Phi) is 10.6. The molecule has 1 heterocycles. The van der Waals surface area contributed by atoms with Gasteiger partial charge in [-0.15, -0.1) is 0 Å². The highest BCUT2D eigenvalue weighted by atomic mass is 32.1. The number of carboxylic acids is 1. The summed E-state index contributed by atoms with van der Waals surface area (Å²) in [6.07, 6.45) is 2.21. The molecule has 5 unspecified atom stereocenters. The predicted octanol–water partition coefficient (Wildman–Crippen LogP) is 0.381. The molecule has 1 fully saturated rings. The van der Waals surface area contributed by atoms with Gasteiger partial charge in [0.05, 0.1) is 6.04 Å². The van der Waals surface area contributed by atoms with Crippen molar-refractivity contribution in [2.75, 3.05) is 12.3 Å². The number of amides is 3. The molecule has 0 aliphatic carbocycles. The number of likely N-dealkylation sites (tertiary alicyclic amines) is 1. The van der Waals surface area contributed by atoms with Gasteiger partial charge in [0.1, 0.15) is 18.1 Å². The van der Waals surface area contributed by atoms with Crippen molar-refractivity contribution in [1.82, 2.24) is 15.5 Å². The Hall–Kier alpha value is -1.81. The maximum absolute atomic E-state index is 13.3. The molecule has 1 rings (SSSR count). The molecule has 10 heteroatoms. The number of aliphatic carboxylic acids is 1. The number of nitrogens with one attached hydrogen (secondary N) is 2. The summed E-state index contributed by atoms with van der Waals surface area (Å²) in [5.74, 6) is -2.40. The molecular formula is C20H36N4O5S. The molecule has 1 aliphatic heterocycles. The van der Waals surface area contributed by atoms with Crippen LogP contribution in [0, 0.1) is 11.8 Å². The van der Waals surface area contributed by atoms with Crippen LogP contribution in [0.5, 0.6) is 0 Å². The number of carbonyl (C=O) groups is 4. The van der Waals surface area contributed by atoms with Gasteiger partial charge in [-0.05, 0) is 31.1 Å². The molecule has 9 nitrogen and oxygen atoms in total. The van der Waals surface area contributed by atoms with Gasteiger partial charge in [0, 0.05) is 12.3 Å². The second-order valence-electron chi connectivity index (χ2n) is 8.38. The van der Waals surface area contributed by atoms with Gasteiger partial charge >= 0.3 is 5.97 Å². The van der Waals surface area contributed by atoms with Gasteiger partial charge in [-0.1, -0.05) is 34.1 Å². The number of hydrogen-bond acceptors (Lipinski definition) is 6. The van der Waals surface area contributed by atoms with Crippen molar-refractivity contribution in [2.24, 2.45) is 17.6 Å². The lowest BCUT2D eigenvalue weighted by Gasteiger charge is -2.32. The van der Waals surface area contributed by atoms with Gasteiger partial charge in [-0.25, -0.2) is 4.79 Å². The minimum atomic E-state index is -1.18. The third-order valence-electron chi connectivity index (χ3n) is 5.47. The van der Waals surface area contributed by atoms with Gasteiger partial charge in [0.25, 0.3) is 0 Å². The van der Waals surface area contributed by atoms with Gasteiger partial charge < -0.3 is 26.4 Å². The lowest BCUT2D eigenvalue weighted by Crippen LogP contribution is -2.58. The molecular weight excluding hydrogens is 408 g/mol. The fraction of sp³-hybridized carbons (Fsp3) is 0.800. The number of hydrogen-bond donors (Lipinski definition) is 5. The van der Waals surface area contributed by atoms with Crippen LogP contribution in [0.2, 0.25) is 0 Å². The molecule has 0 saturated carbocycles. The molecule has 30 heavy (non-hydrogen) atoms. The molecule has 0 radical (unpaired) electrons. The van der Waals surface area contributed by atoms with Gasteiger partial charge in [-0.3, -0.25) is 14.4 Å². The predicted molar refractivity (Wildman–Crippen MR) is 117 cm³/mol. The van der Waals surface area contributed by atoms with E-state index < -0.39 is 36.0 Å². The third-order valence-corrected chi connectivity index (χ3v) is 5.84. The maximum atomic E-state index is 13.3. The zero-order valence-corrected chi connectivity index (χ0v) is 19.2. The Morgan fingerprint density at radius 3 is 2.33 bits per heavy atom. The fourth-order valence-electron chi connectivity index (χ4n) is 3.49. The van der Waals surface area contributed by atoms with E-state index in [1.807, 2.05) is 27.7 Å². The van der Waals surface area contributed by atoms with Crippen LogP contribution < -0.4 is 16.4 Å². The normalized spacial score (nSPS) is 20.4. The SMILES string of the molecule is CCC(C)C(NC(=O)C(N)CC(C)C)C(=O)N1CCCC1C(=O)NC(CS)C(=O)O. The van der Waals surface area contributed by atoms with Crippen molar-refractivity contribution in [3.63, 3.8) is 0 Å². The third kappa shape index (κ3) is 7.16. The number of carboxylic acid groups (broad SMARTS) is 1. The molecule has 1 saturated heterocycles. The summed E-state index contributed by atoms with van der Waals surface area (Å²) < 4.78 is 0. The molecule has 172 valence electrons. The number of thiol groups is 1. The monoisotopic (exact) mass is 444 g/mol. The Morgan fingerprint density at radius 2 is 1.83 bits per heavy atom. The fourth-order valence-corrected chi connectivity index (χ4v) is 3.74. The van der Waals surface area contributed by atoms with Gasteiger partial charge in [0.15, 0.2) is 0 Å². The van der Waals surface area contributed by atoms with E-state index in [0.29, 0.717) is 32.2 Å². The van der Waals surface area contributed by atoms with Crippen molar-refractivity contribution in [2.45, 2.75) is 77.5 Å². The van der Waals surface area contributed by atoms with E-state index in [4.69, 9.17) is 10.8 Å². The average molecular weight is 445 g/mol. The summed E-state index contributed by atoms with van der Waals surface area (Å²) in [6, 6.07) is -3.41. The Labute approximate surface area is 183 Å². The summed E-state index contributed by atoms with van der Waals surface area (Å²) in [4.78, 5) is 51.1. The minimum Gasteiger partial charge on any atom is -0.480 e. The van der Waals surface area contributed by atoms with Crippen LogP contribution >= 0.6 is 12.6 Å². The van der Waals surface area contributed by atoms with Crippen LogP contribution in [0.3, 0.4) is 0 Å². The lowest BCUT2D eigenvalue weighted by molar-refractivity contribution is -0.145. The molecule has 0 spiro atoms. The summed E-state index contributed by atoms with van der Waals surface area (Å²) in [5, 5.41) is 14.4. The van der Waals surface area contributed by atoms with Crippen LogP contribution in [-0.4, -0.2) is 70.2 Å². The Bertz CT molecular complexity index is 630. The highest BCUT2D eigenvalue weighted by molar-refractivity contribution is 7.80. The number of nitrogens with two attached hydrogens (primary N) is 1. The van der Waals surface area contributed by atoms with Crippen LogP contribution in [-0.2, 0) is 19.2 Å². The number of rotatable bonds is 11. The van der Waals surface area contributed by atoms with E-state index >= 15 is 0 Å². The second kappa shape index (κ2) is 12.1. The standard InChI is InChI=1S/C20H36N4O5S/c1-5-12(4)16(23-17(25)13(21)9-11(2)3)19(27)24-8-6-7-15(24)18(26)22-14(10-30)20(28)29/h11-16,30H,5-10,21H2,1-4H3,(H,22,26)(H,23,25)(H,28,29). The van der Waals surface area contributed by atoms with E-state index in [-0.39, 0.29) is 29.4 Å². The van der Waals surface area contributed by atoms with Crippen molar-refractivity contribution < 1.29 is 24.3 Å². The lowest BCUT2D eigenvalue weighted by atomic mass is 9.96. The molecule has 0 aromatic rings. The quantitative estimate of drug-likeness (QED) is 0.292. The van der Waals surface area contributed by atoms with E-state index in [1.54, 1.807) is 0 Å². The molecule has 0 aromatic carbocycles. The van der Waals surface area contributed by atoms with Crippen LogP contribution in [0.4, 0.5) is 0 Å². The first-order chi connectivity index (χ1) is 14.0. The van der Waals surface area contributed by atoms with Crippen LogP contribution in [0.15, 0.2) is 0 Å². The van der Waals surface area contributed by atoms with Crippen molar-refractivity contribution in [3.8, 4) is 0 Å². The van der Waals surface area contributed by atoms with Crippen molar-refractivity contribution in [3.05, 3.63) is 0 Å². The molecule has 5 atom stereocenters. The first-order valence-electron chi connectivity index (χ1n) is 10.5. The number of carbonyl (C=O) groups excluding carboxylic acids is 3. The zero-order valence-electron chi connectivity index (χ0n) is 18.3. The first kappa shape index (κ1) is 26.2. The van der Waals surface area contributed by atoms with Crippen molar-refractivity contribution >= 4 is 36.3 Å². The first-order valence-corrected chi connectivity index (χ1v) is 11.2. The van der Waals surface area contributed by atoms with E-state index in [0.717, 1.165) is 0 Å². The average Bonchev–Trinajstić information content (AvgIpc) is 3.17. The summed E-state index contributed by atoms with van der Waals surface area (Å²) in [7, 11) is 0. The summed E-state index contributed by atoms with van der Waals surface area (Å²) >= 11 is 3.95. The highest BCUT2D eigenvalue weighted by Gasteiger charge is 2.40. The second-order valence-corrected chi connectivity index (χ2v) is 8.74. The van der Waals surface area contributed by atoms with Gasteiger partial charge in [-0.2, -0.15) is 12.6 Å². The molecule has 5 N–H and O–H groups in total. The van der Waals surface area contributed by atoms with Crippen LogP contribution in [0.25, 0.3) is 0 Å². The number of nitrogens with zero attached hydrogens (tertiary/aromatic N) is 1. The minimum absolute atomic E-state index is 0.0545. The molecule has 3 amide bonds. The highest BCUT2D eigenvalue weighted by Crippen LogP contribution is 2.22. The largest absolute Gasteiger partial charge is 0.480 e. The maximum Gasteiger partial charge on any atom is 0.327 e. The topological polar surface area (TPSA) is 142 Å². The van der Waals surface area contributed by atoms with E-state index in [1.165, 1.54) is 4.90 Å². The van der Waals surface area contributed by atoms with Crippen LogP contribution in [0.1, 0.15) is 53.4 Å². The zero-order chi connectivity index (χ0) is 23.0. The van der Waals surface area contributed by atoms with Gasteiger partial charge in [0.2, 0.25) is 17.7 Å². The smallest absolute Gasteiger partial charge is 0.327 e. The Morgan fingerprint density at radius 1 is 1.20 bits per heavy atom. The van der Waals surface area contributed by atoms with E-state index in [9.17, 15) is 19.2 Å². The Balaban J connectivity index is 2.95. The summed E-state index contributed by atoms with van der Waals surface area (Å²) in [5.41, 5.74) is 5.97. The molecule has 0 bridgehead atoms. The summed E-state index contributed by atoms with van der Waals surface area (Å²) in [6.45, 7) is 8.09. The molecule has 0 aromatic heterocycles. The molecule has 1 aliphatic rings. The van der Waals surface area contributed by atoms with Crippen molar-refractivity contribution in [1.29, 1.82) is 0 Å².